The van der Waals surface area contributed by atoms with Crippen molar-refractivity contribution in [2.45, 2.75) is 18.5 Å². The number of aliphatic hydroxyl groups excluding tert-OH is 1. The molecular formula is C23H23N3O4S. The number of carbonyl (C=O) groups excluding carboxylic acids is 1. The summed E-state index contributed by atoms with van der Waals surface area (Å²) in [6.07, 6.45) is 2.33. The van der Waals surface area contributed by atoms with Crippen molar-refractivity contribution < 1.29 is 19.1 Å². The molecule has 1 aliphatic rings. The summed E-state index contributed by atoms with van der Waals surface area (Å²) in [5.74, 6) is 0.962. The highest BCUT2D eigenvalue weighted by Gasteiger charge is 2.41. The number of aliphatic hydroxyl groups is 1. The van der Waals surface area contributed by atoms with Crippen LogP contribution in [-0.4, -0.2) is 46.3 Å². The van der Waals surface area contributed by atoms with Gasteiger partial charge < -0.3 is 24.5 Å². The van der Waals surface area contributed by atoms with Crippen LogP contribution in [0, 0.1) is 0 Å². The maximum absolute atomic E-state index is 11.9. The number of ether oxygens (including phenoxy) is 1. The molecule has 0 amide bonds. The summed E-state index contributed by atoms with van der Waals surface area (Å²) in [7, 11) is 1.36. The number of hydrogen-bond donors (Lipinski definition) is 2. The van der Waals surface area contributed by atoms with Crippen LogP contribution in [0.5, 0.6) is 0 Å². The van der Waals surface area contributed by atoms with Crippen LogP contribution in [0.4, 0.5) is 0 Å². The molecule has 1 saturated heterocycles. The summed E-state index contributed by atoms with van der Waals surface area (Å²) < 4.78 is 11.1. The van der Waals surface area contributed by atoms with Crippen molar-refractivity contribution in [1.82, 2.24) is 15.2 Å². The maximum atomic E-state index is 11.9. The lowest BCUT2D eigenvalue weighted by atomic mass is 10.0. The minimum atomic E-state index is -0.399. The fourth-order valence-corrected chi connectivity index (χ4v) is 4.11. The van der Waals surface area contributed by atoms with Crippen molar-refractivity contribution >= 4 is 23.3 Å². The molecule has 160 valence electrons. The highest BCUT2D eigenvalue weighted by Crippen LogP contribution is 2.40. The second-order valence-electron chi connectivity index (χ2n) is 7.17. The second-order valence-corrected chi connectivity index (χ2v) is 7.56. The van der Waals surface area contributed by atoms with E-state index in [0.717, 1.165) is 17.0 Å². The number of rotatable bonds is 7. The molecule has 0 saturated carbocycles. The third-order valence-corrected chi connectivity index (χ3v) is 5.59. The number of pyridine rings is 1. The van der Waals surface area contributed by atoms with E-state index in [0.29, 0.717) is 29.4 Å². The van der Waals surface area contributed by atoms with Gasteiger partial charge in [-0.05, 0) is 55.0 Å². The molecule has 1 fully saturated rings. The number of aromatic nitrogens is 1. The normalized spacial score (nSPS) is 18.1. The SMILES string of the molecule is COC(=O)c1cccc(-c2ccc([C@@H]3[C@@H](c4ccccn4)NC(=S)N3CCCO)o2)c1. The Bertz CT molecular complexity index is 1070. The number of esters is 1. The molecule has 0 aliphatic carbocycles. The number of furan rings is 1. The van der Waals surface area contributed by atoms with Crippen LogP contribution in [0.15, 0.2) is 65.2 Å². The average Bonchev–Trinajstić information content (AvgIpc) is 3.42. The van der Waals surface area contributed by atoms with Crippen molar-refractivity contribution in [2.75, 3.05) is 20.3 Å². The zero-order valence-electron chi connectivity index (χ0n) is 17.0. The van der Waals surface area contributed by atoms with Gasteiger partial charge in [0.05, 0.1) is 24.4 Å². The van der Waals surface area contributed by atoms with Crippen LogP contribution in [0.3, 0.4) is 0 Å². The van der Waals surface area contributed by atoms with Gasteiger partial charge in [0.1, 0.15) is 17.6 Å². The minimum Gasteiger partial charge on any atom is -0.465 e. The van der Waals surface area contributed by atoms with Crippen molar-refractivity contribution in [3.05, 3.63) is 77.8 Å². The molecule has 1 aliphatic heterocycles. The fraction of sp³-hybridized carbons (Fsp3) is 0.261. The zero-order valence-corrected chi connectivity index (χ0v) is 17.8. The van der Waals surface area contributed by atoms with Crippen LogP contribution in [0.2, 0.25) is 0 Å². The van der Waals surface area contributed by atoms with Crippen LogP contribution >= 0.6 is 12.2 Å². The van der Waals surface area contributed by atoms with E-state index in [2.05, 4.69) is 10.3 Å². The molecule has 3 heterocycles. The molecular weight excluding hydrogens is 414 g/mol. The first kappa shape index (κ1) is 21.0. The molecule has 2 atom stereocenters. The van der Waals surface area contributed by atoms with Gasteiger partial charge in [0.25, 0.3) is 0 Å². The summed E-state index contributed by atoms with van der Waals surface area (Å²) in [4.78, 5) is 18.4. The van der Waals surface area contributed by atoms with Gasteiger partial charge in [-0.1, -0.05) is 18.2 Å². The van der Waals surface area contributed by atoms with E-state index in [1.54, 1.807) is 24.4 Å². The molecule has 4 rings (SSSR count). The quantitative estimate of drug-likeness (QED) is 0.429. The molecule has 0 bridgehead atoms. The Labute approximate surface area is 185 Å². The standard InChI is InChI=1S/C23H23N3O4S/c1-29-22(28)16-7-4-6-15(14-16)18-9-10-19(30-18)21-20(17-8-2-3-11-24-17)25-23(31)26(21)12-5-13-27/h2-4,6-11,14,20-21,27H,5,12-13H2,1H3,(H,25,31)/t20-,21-/m1/s1. The highest BCUT2D eigenvalue weighted by atomic mass is 32.1. The van der Waals surface area contributed by atoms with E-state index in [4.69, 9.17) is 21.4 Å². The number of carbonyl (C=O) groups is 1. The molecule has 1 aromatic carbocycles. The Hall–Kier alpha value is -3.23. The fourth-order valence-electron chi connectivity index (χ4n) is 3.78. The molecule has 0 spiro atoms. The van der Waals surface area contributed by atoms with Gasteiger partial charge in [0, 0.05) is 24.9 Å². The van der Waals surface area contributed by atoms with E-state index in [1.165, 1.54) is 7.11 Å². The number of hydrogen-bond acceptors (Lipinski definition) is 6. The van der Waals surface area contributed by atoms with Crippen molar-refractivity contribution in [2.24, 2.45) is 0 Å². The third-order valence-electron chi connectivity index (χ3n) is 5.24. The smallest absolute Gasteiger partial charge is 0.337 e. The topological polar surface area (TPSA) is 87.8 Å². The lowest BCUT2D eigenvalue weighted by Crippen LogP contribution is -2.30. The van der Waals surface area contributed by atoms with E-state index in [1.807, 2.05) is 41.3 Å². The van der Waals surface area contributed by atoms with Crippen LogP contribution in [-0.2, 0) is 4.74 Å². The molecule has 31 heavy (non-hydrogen) atoms. The predicted octanol–water partition coefficient (Wildman–Crippen LogP) is 3.48. The van der Waals surface area contributed by atoms with Gasteiger partial charge in [-0.2, -0.15) is 0 Å². The van der Waals surface area contributed by atoms with Gasteiger partial charge in [-0.3, -0.25) is 4.98 Å². The number of nitrogens with zero attached hydrogens (tertiary/aromatic N) is 2. The molecule has 3 aromatic rings. The Balaban J connectivity index is 1.69. The first-order valence-electron chi connectivity index (χ1n) is 10.00. The number of benzene rings is 1. The van der Waals surface area contributed by atoms with E-state index in [-0.39, 0.29) is 18.7 Å². The predicted molar refractivity (Wildman–Crippen MR) is 119 cm³/mol. The molecule has 8 heteroatoms. The summed E-state index contributed by atoms with van der Waals surface area (Å²) in [6.45, 7) is 0.661. The maximum Gasteiger partial charge on any atom is 0.337 e. The lowest BCUT2D eigenvalue weighted by molar-refractivity contribution is 0.0601. The Morgan fingerprint density at radius 2 is 2.13 bits per heavy atom. The highest BCUT2D eigenvalue weighted by molar-refractivity contribution is 7.80. The van der Waals surface area contributed by atoms with Crippen molar-refractivity contribution in [1.29, 1.82) is 0 Å². The van der Waals surface area contributed by atoms with Gasteiger partial charge in [-0.25, -0.2) is 4.79 Å². The van der Waals surface area contributed by atoms with Gasteiger partial charge in [-0.15, -0.1) is 0 Å². The number of methoxy groups -OCH3 is 1. The first-order chi connectivity index (χ1) is 15.1. The van der Waals surface area contributed by atoms with Crippen LogP contribution in [0.25, 0.3) is 11.3 Å². The minimum absolute atomic E-state index is 0.0732. The van der Waals surface area contributed by atoms with E-state index < -0.39 is 5.97 Å². The van der Waals surface area contributed by atoms with E-state index in [9.17, 15) is 9.90 Å². The Kier molecular flexibility index (Phi) is 6.29. The average molecular weight is 438 g/mol. The molecule has 7 nitrogen and oxygen atoms in total. The van der Waals surface area contributed by atoms with E-state index >= 15 is 0 Å². The summed E-state index contributed by atoms with van der Waals surface area (Å²) >= 11 is 5.58. The lowest BCUT2D eigenvalue weighted by Gasteiger charge is -2.25. The van der Waals surface area contributed by atoms with Crippen molar-refractivity contribution in [3.8, 4) is 11.3 Å². The molecule has 0 radical (unpaired) electrons. The number of nitrogens with one attached hydrogen (secondary N) is 1. The monoisotopic (exact) mass is 437 g/mol. The largest absolute Gasteiger partial charge is 0.465 e. The summed E-state index contributed by atoms with van der Waals surface area (Å²) in [5.41, 5.74) is 2.09. The third kappa shape index (κ3) is 4.30. The van der Waals surface area contributed by atoms with Gasteiger partial charge in [0.15, 0.2) is 5.11 Å². The molecule has 2 N–H and O–H groups in total. The van der Waals surface area contributed by atoms with Gasteiger partial charge >= 0.3 is 5.97 Å². The summed E-state index contributed by atoms with van der Waals surface area (Å²) in [6, 6.07) is 16.3. The molecule has 0 unspecified atom stereocenters. The Morgan fingerprint density at radius 1 is 1.26 bits per heavy atom. The number of thiocarbonyl (C=S) groups is 1. The Morgan fingerprint density at radius 3 is 2.87 bits per heavy atom. The van der Waals surface area contributed by atoms with Crippen LogP contribution < -0.4 is 5.32 Å². The van der Waals surface area contributed by atoms with Crippen LogP contribution in [0.1, 0.15) is 40.3 Å². The summed E-state index contributed by atoms with van der Waals surface area (Å²) in [5, 5.41) is 13.3. The van der Waals surface area contributed by atoms with Gasteiger partial charge in [0.2, 0.25) is 0 Å². The zero-order chi connectivity index (χ0) is 21.8. The molecule has 2 aromatic heterocycles. The first-order valence-corrected chi connectivity index (χ1v) is 10.4. The van der Waals surface area contributed by atoms with Crippen molar-refractivity contribution in [3.63, 3.8) is 0 Å². The second kappa shape index (κ2) is 9.28.